The van der Waals surface area contributed by atoms with Crippen LogP contribution in [0.5, 0.6) is 5.75 Å². The summed E-state index contributed by atoms with van der Waals surface area (Å²) in [6.45, 7) is 8.12. The van der Waals surface area contributed by atoms with Gasteiger partial charge in [-0.25, -0.2) is 4.68 Å². The van der Waals surface area contributed by atoms with E-state index >= 15 is 0 Å². The molecule has 0 bridgehead atoms. The number of carbonyl (C=O) groups excluding carboxylic acids is 2. The van der Waals surface area contributed by atoms with E-state index in [1.807, 2.05) is 67.6 Å². The van der Waals surface area contributed by atoms with E-state index in [4.69, 9.17) is 21.4 Å². The Kier molecular flexibility index (Phi) is 8.72. The Morgan fingerprint density at radius 2 is 1.64 bits per heavy atom. The van der Waals surface area contributed by atoms with Crippen LogP contribution in [0.3, 0.4) is 0 Å². The summed E-state index contributed by atoms with van der Waals surface area (Å²) in [7, 11) is 0. The van der Waals surface area contributed by atoms with Crippen LogP contribution in [0.25, 0.3) is 5.69 Å². The fourth-order valence-corrected chi connectivity index (χ4v) is 4.11. The number of anilines is 1. The van der Waals surface area contributed by atoms with Crippen LogP contribution < -0.4 is 10.1 Å². The number of rotatable bonds is 9. The molecule has 2 amide bonds. The van der Waals surface area contributed by atoms with Gasteiger partial charge in [0.05, 0.1) is 11.4 Å². The van der Waals surface area contributed by atoms with E-state index in [-0.39, 0.29) is 36.9 Å². The second-order valence-corrected chi connectivity index (χ2v) is 10.8. The van der Waals surface area contributed by atoms with Gasteiger partial charge in [0.15, 0.2) is 6.61 Å². The summed E-state index contributed by atoms with van der Waals surface area (Å²) in [5.41, 5.74) is 3.43. The maximum atomic E-state index is 13.4. The molecular weight excluding hydrogens is 512 g/mol. The summed E-state index contributed by atoms with van der Waals surface area (Å²) < 4.78 is 7.43. The molecule has 3 aromatic carbocycles. The van der Waals surface area contributed by atoms with Crippen molar-refractivity contribution in [1.82, 2.24) is 14.7 Å². The Balaban J connectivity index is 1.54. The highest BCUT2D eigenvalue weighted by Crippen LogP contribution is 2.27. The van der Waals surface area contributed by atoms with Gasteiger partial charge in [0.25, 0.3) is 5.91 Å². The van der Waals surface area contributed by atoms with Gasteiger partial charge in [-0.05, 0) is 48.4 Å². The number of amides is 2. The quantitative estimate of drug-likeness (QED) is 0.273. The van der Waals surface area contributed by atoms with Crippen LogP contribution in [0.4, 0.5) is 5.82 Å². The first-order chi connectivity index (χ1) is 18.6. The Labute approximate surface area is 234 Å². The Bertz CT molecular complexity index is 1430. The van der Waals surface area contributed by atoms with Gasteiger partial charge in [-0.15, -0.1) is 0 Å². The lowest BCUT2D eigenvalue weighted by Crippen LogP contribution is -2.40. The highest BCUT2D eigenvalue weighted by molar-refractivity contribution is 6.30. The lowest BCUT2D eigenvalue weighted by atomic mass is 9.92. The molecule has 0 atom stereocenters. The van der Waals surface area contributed by atoms with Crippen LogP contribution in [0.15, 0.2) is 84.9 Å². The fraction of sp³-hybridized carbons (Fsp3) is 0.258. The van der Waals surface area contributed by atoms with Crippen molar-refractivity contribution in [2.24, 2.45) is 0 Å². The Morgan fingerprint density at radius 1 is 0.974 bits per heavy atom. The Hall–Kier alpha value is -4.10. The number of benzene rings is 3. The first-order valence-electron chi connectivity index (χ1n) is 12.8. The molecule has 8 heteroatoms. The van der Waals surface area contributed by atoms with E-state index in [9.17, 15) is 9.59 Å². The topological polar surface area (TPSA) is 76.5 Å². The first-order valence-corrected chi connectivity index (χ1v) is 13.1. The molecule has 1 aromatic heterocycles. The van der Waals surface area contributed by atoms with Crippen molar-refractivity contribution >= 4 is 29.2 Å². The van der Waals surface area contributed by atoms with E-state index in [0.29, 0.717) is 16.6 Å². The van der Waals surface area contributed by atoms with Gasteiger partial charge in [0.2, 0.25) is 5.91 Å². The predicted molar refractivity (Wildman–Crippen MR) is 154 cm³/mol. The smallest absolute Gasteiger partial charge is 0.261 e. The van der Waals surface area contributed by atoms with Gasteiger partial charge in [-0.3, -0.25) is 9.59 Å². The number of carbonyl (C=O) groups is 2. The minimum atomic E-state index is -0.332. The third kappa shape index (κ3) is 7.48. The molecule has 7 nitrogen and oxygen atoms in total. The first kappa shape index (κ1) is 27.9. The number of para-hydroxylation sites is 1. The van der Waals surface area contributed by atoms with E-state index < -0.39 is 0 Å². The minimum absolute atomic E-state index is 0.151. The van der Waals surface area contributed by atoms with Crippen molar-refractivity contribution in [3.8, 4) is 11.4 Å². The number of ether oxygens (including phenoxy) is 1. The zero-order valence-electron chi connectivity index (χ0n) is 22.6. The summed E-state index contributed by atoms with van der Waals surface area (Å²) >= 11 is 5.94. The van der Waals surface area contributed by atoms with Gasteiger partial charge >= 0.3 is 0 Å². The molecule has 0 aliphatic rings. The number of aromatic nitrogens is 2. The summed E-state index contributed by atoms with van der Waals surface area (Å²) in [6.07, 6.45) is 0. The summed E-state index contributed by atoms with van der Waals surface area (Å²) in [5, 5.41) is 8.38. The summed E-state index contributed by atoms with van der Waals surface area (Å²) in [6, 6.07) is 26.1. The molecule has 39 heavy (non-hydrogen) atoms. The molecular formula is C31H33ClN4O3. The maximum Gasteiger partial charge on any atom is 0.261 e. The largest absolute Gasteiger partial charge is 0.484 e. The van der Waals surface area contributed by atoms with Crippen molar-refractivity contribution < 1.29 is 14.3 Å². The van der Waals surface area contributed by atoms with Crippen LogP contribution in [0.1, 0.15) is 37.6 Å². The SMILES string of the molecule is Cc1ccccc1-n1nc(C(C)(C)C)cc1NC(=O)CN(Cc1ccccc1)C(=O)COc1ccc(Cl)cc1. The van der Waals surface area contributed by atoms with E-state index in [2.05, 4.69) is 26.1 Å². The van der Waals surface area contributed by atoms with Crippen LogP contribution >= 0.6 is 11.6 Å². The van der Waals surface area contributed by atoms with Crippen LogP contribution in [0, 0.1) is 6.92 Å². The highest BCUT2D eigenvalue weighted by Gasteiger charge is 2.24. The predicted octanol–water partition coefficient (Wildman–Crippen LogP) is 6.18. The standard InChI is InChI=1S/C31H33ClN4O3/c1-22-10-8-9-13-26(22)36-28(18-27(34-36)31(2,3)4)33-29(37)20-35(19-23-11-6-5-7-12-23)30(38)21-39-25-16-14-24(32)15-17-25/h5-18H,19-21H2,1-4H3,(H,33,37). The molecule has 1 heterocycles. The lowest BCUT2D eigenvalue weighted by Gasteiger charge is -2.23. The molecule has 4 rings (SSSR count). The second-order valence-electron chi connectivity index (χ2n) is 10.4. The molecule has 0 fully saturated rings. The van der Waals surface area contributed by atoms with Crippen LogP contribution in [0.2, 0.25) is 5.02 Å². The number of nitrogens with one attached hydrogen (secondary N) is 1. The van der Waals surface area contributed by atoms with Crippen LogP contribution in [-0.4, -0.2) is 39.6 Å². The van der Waals surface area contributed by atoms with Gasteiger partial charge in [-0.2, -0.15) is 5.10 Å². The number of hydrogen-bond donors (Lipinski definition) is 1. The highest BCUT2D eigenvalue weighted by atomic mass is 35.5. The average Bonchev–Trinajstić information content (AvgIpc) is 3.32. The van der Waals surface area contributed by atoms with Crippen molar-refractivity contribution in [2.45, 2.75) is 39.7 Å². The third-order valence-electron chi connectivity index (χ3n) is 6.17. The molecule has 202 valence electrons. The zero-order chi connectivity index (χ0) is 28.0. The zero-order valence-corrected chi connectivity index (χ0v) is 23.4. The number of aryl methyl sites for hydroxylation is 1. The average molecular weight is 545 g/mol. The Morgan fingerprint density at radius 3 is 2.31 bits per heavy atom. The molecule has 0 saturated carbocycles. The molecule has 1 N–H and O–H groups in total. The summed E-state index contributed by atoms with van der Waals surface area (Å²) in [4.78, 5) is 28.1. The van der Waals surface area contributed by atoms with Crippen molar-refractivity contribution in [3.05, 3.63) is 107 Å². The number of hydrogen-bond acceptors (Lipinski definition) is 4. The van der Waals surface area contributed by atoms with Crippen molar-refractivity contribution in [3.63, 3.8) is 0 Å². The second kappa shape index (κ2) is 12.2. The van der Waals surface area contributed by atoms with E-state index in [1.165, 1.54) is 4.90 Å². The van der Waals surface area contributed by atoms with Gasteiger partial charge in [0.1, 0.15) is 18.1 Å². The lowest BCUT2D eigenvalue weighted by molar-refractivity contribution is -0.137. The molecule has 0 unspecified atom stereocenters. The van der Waals surface area contributed by atoms with Gasteiger partial charge < -0.3 is 15.0 Å². The number of nitrogens with zero attached hydrogens (tertiary/aromatic N) is 3. The molecule has 4 aromatic rings. The molecule has 0 aliphatic carbocycles. The molecule has 0 aliphatic heterocycles. The maximum absolute atomic E-state index is 13.4. The summed E-state index contributed by atoms with van der Waals surface area (Å²) in [5.74, 6) is 0.421. The minimum Gasteiger partial charge on any atom is -0.484 e. The fourth-order valence-electron chi connectivity index (χ4n) is 3.98. The van der Waals surface area contributed by atoms with Crippen LogP contribution in [-0.2, 0) is 21.5 Å². The van der Waals surface area contributed by atoms with Gasteiger partial charge in [0, 0.05) is 23.0 Å². The van der Waals surface area contributed by atoms with Crippen molar-refractivity contribution in [1.29, 1.82) is 0 Å². The molecule has 0 radical (unpaired) electrons. The molecule has 0 spiro atoms. The third-order valence-corrected chi connectivity index (χ3v) is 6.42. The normalized spacial score (nSPS) is 11.2. The molecule has 0 saturated heterocycles. The van der Waals surface area contributed by atoms with E-state index in [0.717, 1.165) is 22.5 Å². The van der Waals surface area contributed by atoms with Gasteiger partial charge in [-0.1, -0.05) is 80.9 Å². The number of halogens is 1. The monoisotopic (exact) mass is 544 g/mol. The van der Waals surface area contributed by atoms with E-state index in [1.54, 1.807) is 28.9 Å². The van der Waals surface area contributed by atoms with Crippen molar-refractivity contribution in [2.75, 3.05) is 18.5 Å².